The zero-order valence-corrected chi connectivity index (χ0v) is 11.3. The second kappa shape index (κ2) is 6.49. The van der Waals surface area contributed by atoms with Crippen LogP contribution in [-0.4, -0.2) is 18.5 Å². The van der Waals surface area contributed by atoms with Crippen molar-refractivity contribution in [3.63, 3.8) is 0 Å². The van der Waals surface area contributed by atoms with Crippen molar-refractivity contribution in [2.24, 2.45) is 5.92 Å². The average molecular weight is 257 g/mol. The van der Waals surface area contributed by atoms with Crippen LogP contribution >= 0.6 is 0 Å². The summed E-state index contributed by atoms with van der Waals surface area (Å²) in [6.45, 7) is 2.38. The van der Waals surface area contributed by atoms with Crippen molar-refractivity contribution < 1.29 is 9.53 Å². The summed E-state index contributed by atoms with van der Waals surface area (Å²) in [5.74, 6) is 0.687. The van der Waals surface area contributed by atoms with Gasteiger partial charge >= 0.3 is 0 Å². The van der Waals surface area contributed by atoms with E-state index in [9.17, 15) is 4.79 Å². The number of rotatable bonds is 4. The van der Waals surface area contributed by atoms with Gasteiger partial charge in [0.25, 0.3) is 0 Å². The summed E-state index contributed by atoms with van der Waals surface area (Å²) >= 11 is 0. The monoisotopic (exact) mass is 257 g/mol. The first-order chi connectivity index (χ1) is 9.19. The molecule has 0 N–H and O–H groups in total. The molecule has 0 aromatic heterocycles. The standard InChI is InChI=1S/C16H19NO2/c1-12-3-2-4-15(9-12)19-11-16(18)14-7-5-13(10-17)6-8-14/h5-8,12,15H,2-4,9,11H2,1H3. The highest BCUT2D eigenvalue weighted by molar-refractivity contribution is 5.97. The predicted octanol–water partition coefficient (Wildman–Crippen LogP) is 3.34. The van der Waals surface area contributed by atoms with Crippen molar-refractivity contribution in [2.45, 2.75) is 38.7 Å². The fraction of sp³-hybridized carbons (Fsp3) is 0.500. The number of ether oxygens (including phenoxy) is 1. The van der Waals surface area contributed by atoms with Gasteiger partial charge in [-0.05, 0) is 30.9 Å². The van der Waals surface area contributed by atoms with Crippen LogP contribution in [0, 0.1) is 17.2 Å². The topological polar surface area (TPSA) is 50.1 Å². The van der Waals surface area contributed by atoms with E-state index in [1.54, 1.807) is 24.3 Å². The van der Waals surface area contributed by atoms with Gasteiger partial charge in [-0.25, -0.2) is 0 Å². The van der Waals surface area contributed by atoms with E-state index in [0.29, 0.717) is 17.0 Å². The lowest BCUT2D eigenvalue weighted by molar-refractivity contribution is 0.0182. The Morgan fingerprint density at radius 3 is 2.74 bits per heavy atom. The van der Waals surface area contributed by atoms with Gasteiger partial charge in [-0.3, -0.25) is 4.79 Å². The third kappa shape index (κ3) is 3.90. The van der Waals surface area contributed by atoms with Crippen LogP contribution in [0.15, 0.2) is 24.3 Å². The van der Waals surface area contributed by atoms with Crippen molar-refractivity contribution in [1.29, 1.82) is 5.26 Å². The molecular formula is C16H19NO2. The summed E-state index contributed by atoms with van der Waals surface area (Å²) in [6.07, 6.45) is 4.80. The Morgan fingerprint density at radius 1 is 1.37 bits per heavy atom. The number of nitriles is 1. The molecule has 1 fully saturated rings. The van der Waals surface area contributed by atoms with E-state index in [1.165, 1.54) is 12.8 Å². The number of benzene rings is 1. The zero-order chi connectivity index (χ0) is 13.7. The van der Waals surface area contributed by atoms with Crippen molar-refractivity contribution >= 4 is 5.78 Å². The lowest BCUT2D eigenvalue weighted by Crippen LogP contribution is -2.24. The molecule has 2 unspecified atom stereocenters. The van der Waals surface area contributed by atoms with Gasteiger partial charge in [0.15, 0.2) is 5.78 Å². The van der Waals surface area contributed by atoms with Gasteiger partial charge in [0.05, 0.1) is 17.7 Å². The van der Waals surface area contributed by atoms with Crippen LogP contribution in [0.25, 0.3) is 0 Å². The second-order valence-electron chi connectivity index (χ2n) is 5.32. The molecule has 1 aliphatic rings. The van der Waals surface area contributed by atoms with E-state index < -0.39 is 0 Å². The maximum absolute atomic E-state index is 12.0. The van der Waals surface area contributed by atoms with Gasteiger partial charge in [0.1, 0.15) is 6.61 Å². The maximum Gasteiger partial charge on any atom is 0.188 e. The summed E-state index contributed by atoms with van der Waals surface area (Å²) in [6, 6.07) is 8.74. The molecule has 0 aliphatic heterocycles. The molecule has 0 bridgehead atoms. The van der Waals surface area contributed by atoms with Gasteiger partial charge in [-0.15, -0.1) is 0 Å². The smallest absolute Gasteiger partial charge is 0.188 e. The normalized spacial score (nSPS) is 22.7. The van der Waals surface area contributed by atoms with Gasteiger partial charge in [0, 0.05) is 5.56 Å². The minimum atomic E-state index is -0.0114. The van der Waals surface area contributed by atoms with Crippen LogP contribution in [0.1, 0.15) is 48.5 Å². The van der Waals surface area contributed by atoms with Crippen LogP contribution in [0.2, 0.25) is 0 Å². The third-order valence-electron chi connectivity index (χ3n) is 3.67. The lowest BCUT2D eigenvalue weighted by atomic mass is 9.89. The Morgan fingerprint density at radius 2 is 2.11 bits per heavy atom. The van der Waals surface area contributed by atoms with E-state index >= 15 is 0 Å². The van der Waals surface area contributed by atoms with Gasteiger partial charge in [-0.2, -0.15) is 5.26 Å². The Labute approximate surface area is 114 Å². The Balaban J connectivity index is 1.85. The molecule has 1 aliphatic carbocycles. The molecule has 1 saturated carbocycles. The average Bonchev–Trinajstić information content (AvgIpc) is 2.45. The van der Waals surface area contributed by atoms with Crippen LogP contribution < -0.4 is 0 Å². The van der Waals surface area contributed by atoms with Crippen molar-refractivity contribution in [2.75, 3.05) is 6.61 Å². The molecule has 3 heteroatoms. The minimum Gasteiger partial charge on any atom is -0.370 e. The molecule has 1 aromatic carbocycles. The number of Topliss-reactive ketones (excluding diaryl/α,β-unsaturated/α-hetero) is 1. The quantitative estimate of drug-likeness (QED) is 0.777. The number of hydrogen-bond acceptors (Lipinski definition) is 3. The van der Waals surface area contributed by atoms with E-state index in [0.717, 1.165) is 12.8 Å². The number of hydrogen-bond donors (Lipinski definition) is 0. The summed E-state index contributed by atoms with van der Waals surface area (Å²) in [4.78, 5) is 12.0. The molecule has 3 nitrogen and oxygen atoms in total. The maximum atomic E-state index is 12.0. The third-order valence-corrected chi connectivity index (χ3v) is 3.67. The molecule has 1 aromatic rings. The first kappa shape index (κ1) is 13.8. The number of carbonyl (C=O) groups excluding carboxylic acids is 1. The summed E-state index contributed by atoms with van der Waals surface area (Å²) in [7, 11) is 0. The summed E-state index contributed by atoms with van der Waals surface area (Å²) in [5.41, 5.74) is 1.18. The van der Waals surface area contributed by atoms with Crippen LogP contribution in [0.3, 0.4) is 0 Å². The van der Waals surface area contributed by atoms with Crippen molar-refractivity contribution in [3.8, 4) is 6.07 Å². The molecule has 2 atom stereocenters. The summed E-state index contributed by atoms with van der Waals surface area (Å²) < 4.78 is 5.71. The SMILES string of the molecule is CC1CCCC(OCC(=O)c2ccc(C#N)cc2)C1. The Kier molecular flexibility index (Phi) is 4.70. The van der Waals surface area contributed by atoms with Gasteiger partial charge in [-0.1, -0.05) is 31.9 Å². The molecule has 0 heterocycles. The first-order valence-electron chi connectivity index (χ1n) is 6.84. The number of ketones is 1. The largest absolute Gasteiger partial charge is 0.370 e. The van der Waals surface area contributed by atoms with E-state index in [1.807, 2.05) is 6.07 Å². The van der Waals surface area contributed by atoms with E-state index in [2.05, 4.69) is 6.92 Å². The molecule has 0 amide bonds. The van der Waals surface area contributed by atoms with Crippen molar-refractivity contribution in [3.05, 3.63) is 35.4 Å². The van der Waals surface area contributed by atoms with Crippen LogP contribution in [0.5, 0.6) is 0 Å². The summed E-state index contributed by atoms with van der Waals surface area (Å²) in [5, 5.41) is 8.71. The molecule has 0 saturated heterocycles. The number of nitrogens with zero attached hydrogens (tertiary/aromatic N) is 1. The highest BCUT2D eigenvalue weighted by Crippen LogP contribution is 2.25. The van der Waals surface area contributed by atoms with Crippen LogP contribution in [-0.2, 0) is 4.74 Å². The van der Waals surface area contributed by atoms with E-state index in [4.69, 9.17) is 10.00 Å². The first-order valence-corrected chi connectivity index (χ1v) is 6.84. The highest BCUT2D eigenvalue weighted by atomic mass is 16.5. The minimum absolute atomic E-state index is 0.0114. The van der Waals surface area contributed by atoms with Crippen molar-refractivity contribution in [1.82, 2.24) is 0 Å². The molecule has 19 heavy (non-hydrogen) atoms. The molecule has 2 rings (SSSR count). The Hall–Kier alpha value is -1.66. The fourth-order valence-electron chi connectivity index (χ4n) is 2.54. The fourth-order valence-corrected chi connectivity index (χ4v) is 2.54. The zero-order valence-electron chi connectivity index (χ0n) is 11.3. The molecule has 0 spiro atoms. The van der Waals surface area contributed by atoms with Gasteiger partial charge in [0.2, 0.25) is 0 Å². The molecular weight excluding hydrogens is 238 g/mol. The van der Waals surface area contributed by atoms with Crippen LogP contribution in [0.4, 0.5) is 0 Å². The van der Waals surface area contributed by atoms with Gasteiger partial charge < -0.3 is 4.74 Å². The molecule has 100 valence electrons. The lowest BCUT2D eigenvalue weighted by Gasteiger charge is -2.26. The van der Waals surface area contributed by atoms with E-state index in [-0.39, 0.29) is 18.5 Å². The Bertz CT molecular complexity index is 473. The highest BCUT2D eigenvalue weighted by Gasteiger charge is 2.20. The second-order valence-corrected chi connectivity index (χ2v) is 5.32. The predicted molar refractivity (Wildman–Crippen MR) is 72.9 cm³/mol. The number of carbonyl (C=O) groups is 1. The molecule has 0 radical (unpaired) electrons.